The number of fused-ring (bicyclic) bond motifs is 1. The van der Waals surface area contributed by atoms with Gasteiger partial charge in [-0.15, -0.1) is 0 Å². The lowest BCUT2D eigenvalue weighted by Gasteiger charge is -2.18. The van der Waals surface area contributed by atoms with Crippen LogP contribution >= 0.6 is 0 Å². The van der Waals surface area contributed by atoms with E-state index in [1.165, 1.54) is 6.07 Å². The molecule has 0 radical (unpaired) electrons. The van der Waals surface area contributed by atoms with Crippen LogP contribution in [-0.2, 0) is 11.0 Å². The molecule has 2 aliphatic heterocycles. The van der Waals surface area contributed by atoms with Gasteiger partial charge < -0.3 is 19.9 Å². The molecule has 0 saturated carbocycles. The first-order valence-corrected chi connectivity index (χ1v) is 6.33. The fourth-order valence-electron chi connectivity index (χ4n) is 2.65. The third-order valence-corrected chi connectivity index (χ3v) is 3.71. The second-order valence-corrected chi connectivity index (χ2v) is 5.02. The van der Waals surface area contributed by atoms with Gasteiger partial charge in [0.2, 0.25) is 6.79 Å². The van der Waals surface area contributed by atoms with E-state index in [1.807, 2.05) is 0 Å². The summed E-state index contributed by atoms with van der Waals surface area (Å²) in [4.78, 5) is 10.9. The van der Waals surface area contributed by atoms with Crippen molar-refractivity contribution in [2.24, 2.45) is 5.92 Å². The molecule has 1 aromatic rings. The molecule has 0 aromatic heterocycles. The first kappa shape index (κ1) is 14.0. The number of carbonyl (C=O) groups is 1. The smallest absolute Gasteiger partial charge is 0.416 e. The van der Waals surface area contributed by atoms with E-state index in [2.05, 4.69) is 5.32 Å². The lowest BCUT2D eigenvalue weighted by Crippen LogP contribution is -2.19. The molecular formula is C13H12F3NO4. The Morgan fingerprint density at radius 3 is 2.52 bits per heavy atom. The Kier molecular flexibility index (Phi) is 3.20. The van der Waals surface area contributed by atoms with Crippen LogP contribution in [0.2, 0.25) is 0 Å². The fraction of sp³-hybridized carbons (Fsp3) is 0.462. The van der Waals surface area contributed by atoms with Crippen LogP contribution in [0.25, 0.3) is 0 Å². The number of rotatable bonds is 2. The van der Waals surface area contributed by atoms with Crippen LogP contribution in [0.1, 0.15) is 23.6 Å². The SMILES string of the molecule is O=C(O)C1CNC(c2cc3c(cc2C(F)(F)F)OCO3)C1. The number of carboxylic acid groups (broad SMARTS) is 1. The summed E-state index contributed by atoms with van der Waals surface area (Å²) in [6, 6.07) is 1.53. The Balaban J connectivity index is 1.99. The molecule has 0 spiro atoms. The summed E-state index contributed by atoms with van der Waals surface area (Å²) in [6.45, 7) is 0.0255. The summed E-state index contributed by atoms with van der Waals surface area (Å²) in [7, 11) is 0. The minimum atomic E-state index is -4.54. The van der Waals surface area contributed by atoms with Crippen LogP contribution in [-0.4, -0.2) is 24.4 Å². The maximum Gasteiger partial charge on any atom is 0.416 e. The van der Waals surface area contributed by atoms with E-state index in [1.54, 1.807) is 0 Å². The van der Waals surface area contributed by atoms with Gasteiger partial charge in [0.05, 0.1) is 11.5 Å². The standard InChI is InChI=1S/C13H12F3NO4/c14-13(15,16)8-3-11-10(20-5-21-11)2-7(8)9-1-6(4-17-9)12(18)19/h2-3,6,9,17H,1,4-5H2,(H,18,19). The second-order valence-electron chi connectivity index (χ2n) is 5.02. The highest BCUT2D eigenvalue weighted by atomic mass is 19.4. The normalized spacial score (nSPS) is 24.3. The Morgan fingerprint density at radius 1 is 1.29 bits per heavy atom. The first-order chi connectivity index (χ1) is 9.86. The van der Waals surface area contributed by atoms with Crippen LogP contribution in [0.15, 0.2) is 12.1 Å². The molecule has 1 aromatic carbocycles. The van der Waals surface area contributed by atoms with Gasteiger partial charge >= 0.3 is 12.1 Å². The molecule has 0 bridgehead atoms. The van der Waals surface area contributed by atoms with E-state index in [9.17, 15) is 18.0 Å². The van der Waals surface area contributed by atoms with Crippen LogP contribution in [0.3, 0.4) is 0 Å². The molecule has 2 N–H and O–H groups in total. The zero-order valence-electron chi connectivity index (χ0n) is 10.7. The number of halogens is 3. The zero-order chi connectivity index (χ0) is 15.2. The Bertz CT molecular complexity index is 588. The molecule has 1 saturated heterocycles. The minimum Gasteiger partial charge on any atom is -0.481 e. The quantitative estimate of drug-likeness (QED) is 0.876. The number of hydrogen-bond donors (Lipinski definition) is 2. The number of hydrogen-bond acceptors (Lipinski definition) is 4. The average molecular weight is 303 g/mol. The number of nitrogens with one attached hydrogen (secondary N) is 1. The zero-order valence-corrected chi connectivity index (χ0v) is 10.7. The molecule has 114 valence electrons. The highest BCUT2D eigenvalue weighted by Crippen LogP contribution is 2.44. The van der Waals surface area contributed by atoms with E-state index in [0.29, 0.717) is 0 Å². The van der Waals surface area contributed by atoms with Gasteiger partial charge in [0, 0.05) is 12.6 Å². The summed E-state index contributed by atoms with van der Waals surface area (Å²) >= 11 is 0. The molecule has 5 nitrogen and oxygen atoms in total. The Hall–Kier alpha value is -1.96. The topological polar surface area (TPSA) is 67.8 Å². The monoisotopic (exact) mass is 303 g/mol. The van der Waals surface area contributed by atoms with Crippen molar-refractivity contribution in [3.8, 4) is 11.5 Å². The summed E-state index contributed by atoms with van der Waals surface area (Å²) < 4.78 is 49.6. The van der Waals surface area contributed by atoms with Gasteiger partial charge in [-0.2, -0.15) is 13.2 Å². The van der Waals surface area contributed by atoms with Gasteiger partial charge in [-0.25, -0.2) is 0 Å². The lowest BCUT2D eigenvalue weighted by molar-refractivity contribution is -0.141. The van der Waals surface area contributed by atoms with Crippen molar-refractivity contribution < 1.29 is 32.5 Å². The number of aliphatic carboxylic acids is 1. The van der Waals surface area contributed by atoms with Crippen LogP contribution in [0, 0.1) is 5.92 Å². The second kappa shape index (κ2) is 4.80. The van der Waals surface area contributed by atoms with Crippen molar-refractivity contribution in [2.45, 2.75) is 18.6 Å². The highest BCUT2D eigenvalue weighted by molar-refractivity contribution is 5.71. The minimum absolute atomic E-state index is 0.00417. The molecule has 2 aliphatic rings. The Labute approximate surface area is 117 Å². The van der Waals surface area contributed by atoms with Crippen LogP contribution in [0.5, 0.6) is 11.5 Å². The average Bonchev–Trinajstić information content (AvgIpc) is 3.04. The number of ether oxygens (including phenoxy) is 2. The lowest BCUT2D eigenvalue weighted by atomic mass is 9.95. The molecule has 21 heavy (non-hydrogen) atoms. The van der Waals surface area contributed by atoms with Crippen molar-refractivity contribution in [1.82, 2.24) is 5.32 Å². The first-order valence-electron chi connectivity index (χ1n) is 6.33. The molecular weight excluding hydrogens is 291 g/mol. The van der Waals surface area contributed by atoms with E-state index < -0.39 is 29.7 Å². The van der Waals surface area contributed by atoms with Gasteiger partial charge in [-0.3, -0.25) is 4.79 Å². The molecule has 3 rings (SSSR count). The van der Waals surface area contributed by atoms with Gasteiger partial charge in [0.1, 0.15) is 0 Å². The molecule has 0 amide bonds. The predicted molar refractivity (Wildman–Crippen MR) is 64.1 cm³/mol. The third-order valence-electron chi connectivity index (χ3n) is 3.71. The summed E-state index contributed by atoms with van der Waals surface area (Å²) in [5, 5.41) is 11.8. The number of carboxylic acids is 1. The van der Waals surface area contributed by atoms with Gasteiger partial charge in [-0.1, -0.05) is 0 Å². The van der Waals surface area contributed by atoms with Gasteiger partial charge in [-0.05, 0) is 24.1 Å². The highest BCUT2D eigenvalue weighted by Gasteiger charge is 2.40. The van der Waals surface area contributed by atoms with Crippen molar-refractivity contribution in [3.63, 3.8) is 0 Å². The third kappa shape index (κ3) is 2.51. The largest absolute Gasteiger partial charge is 0.481 e. The maximum atomic E-state index is 13.2. The van der Waals surface area contributed by atoms with E-state index in [-0.39, 0.29) is 36.8 Å². The van der Waals surface area contributed by atoms with E-state index in [0.717, 1.165) is 6.07 Å². The fourth-order valence-corrected chi connectivity index (χ4v) is 2.65. The van der Waals surface area contributed by atoms with E-state index >= 15 is 0 Å². The summed E-state index contributed by atoms with van der Waals surface area (Å²) in [6.07, 6.45) is -4.43. The Morgan fingerprint density at radius 2 is 1.95 bits per heavy atom. The number of alkyl halides is 3. The van der Waals surface area contributed by atoms with Crippen LogP contribution < -0.4 is 14.8 Å². The van der Waals surface area contributed by atoms with Crippen molar-refractivity contribution in [1.29, 1.82) is 0 Å². The number of benzene rings is 1. The molecule has 1 fully saturated rings. The van der Waals surface area contributed by atoms with Gasteiger partial charge in [0.25, 0.3) is 0 Å². The van der Waals surface area contributed by atoms with Gasteiger partial charge in [0.15, 0.2) is 11.5 Å². The molecule has 0 aliphatic carbocycles. The molecule has 8 heteroatoms. The van der Waals surface area contributed by atoms with Crippen molar-refractivity contribution >= 4 is 5.97 Å². The van der Waals surface area contributed by atoms with Crippen molar-refractivity contribution in [2.75, 3.05) is 13.3 Å². The summed E-state index contributed by atoms with van der Waals surface area (Å²) in [5.41, 5.74) is -0.828. The molecule has 2 atom stereocenters. The summed E-state index contributed by atoms with van der Waals surface area (Å²) in [5.74, 6) is -1.40. The molecule has 2 heterocycles. The molecule has 2 unspecified atom stereocenters. The van der Waals surface area contributed by atoms with E-state index in [4.69, 9.17) is 14.6 Å². The predicted octanol–water partition coefficient (Wildman–Crippen LogP) is 2.17. The van der Waals surface area contributed by atoms with Crippen LogP contribution in [0.4, 0.5) is 13.2 Å². The maximum absolute atomic E-state index is 13.2. The van der Waals surface area contributed by atoms with Crippen molar-refractivity contribution in [3.05, 3.63) is 23.3 Å².